The highest BCUT2D eigenvalue weighted by molar-refractivity contribution is 8.06. The molecule has 0 aliphatic carbocycles. The number of alkyl halides is 1. The normalized spacial score (nSPS) is 38.2. The summed E-state index contributed by atoms with van der Waals surface area (Å²) in [6, 6.07) is 1.04. The number of phosphoric ester groups is 1. The Hall–Kier alpha value is -2.48. The zero-order valence-corrected chi connectivity index (χ0v) is 23.1. The lowest BCUT2D eigenvalue weighted by molar-refractivity contribution is -0.216. The number of aromatic amines is 1. The molecule has 3 fully saturated rings. The SMILES string of the molecule is Nc1ncnc2c1ncn2[C@@H]1O[C@@H]2COP(=O)(O)O[C@@H]3C[C@@H](COP([O-])(=S)O[C@H]2[C@H]1F)O[C@H]3n1ccc(=O)[nH]c1=O. The number of aromatic nitrogens is 6. The molecule has 0 radical (unpaired) electrons. The van der Waals surface area contributed by atoms with E-state index in [1.54, 1.807) is 0 Å². The van der Waals surface area contributed by atoms with Crippen molar-refractivity contribution < 1.29 is 46.3 Å². The van der Waals surface area contributed by atoms with Crippen LogP contribution in [0.3, 0.4) is 0 Å². The van der Waals surface area contributed by atoms with Gasteiger partial charge in [0.25, 0.3) is 5.56 Å². The number of H-pyrrole nitrogens is 1. The topological polar surface area (TPSA) is 240 Å². The Labute approximate surface area is 233 Å². The van der Waals surface area contributed by atoms with Crippen molar-refractivity contribution in [2.24, 2.45) is 0 Å². The largest absolute Gasteiger partial charge is 0.780 e. The molecule has 222 valence electrons. The second-order valence-electron chi connectivity index (χ2n) is 9.22. The van der Waals surface area contributed by atoms with Crippen LogP contribution in [-0.2, 0) is 43.9 Å². The molecule has 3 aromatic heterocycles. The molecule has 18 nitrogen and oxygen atoms in total. The maximum Gasteiger partial charge on any atom is 0.472 e. The van der Waals surface area contributed by atoms with E-state index in [0.717, 1.165) is 23.2 Å². The van der Waals surface area contributed by atoms with E-state index in [-0.39, 0.29) is 23.4 Å². The van der Waals surface area contributed by atoms with Crippen LogP contribution in [0.15, 0.2) is 34.5 Å². The number of nitrogen functional groups attached to an aromatic ring is 1. The van der Waals surface area contributed by atoms with Gasteiger partial charge in [0, 0.05) is 18.7 Å². The summed E-state index contributed by atoms with van der Waals surface area (Å²) in [6.07, 6.45) is -6.95. The Bertz CT molecular complexity index is 1690. The van der Waals surface area contributed by atoms with Crippen LogP contribution in [0.2, 0.25) is 0 Å². The molecule has 3 aliphatic heterocycles. The highest BCUT2D eigenvalue weighted by atomic mass is 32.5. The van der Waals surface area contributed by atoms with Gasteiger partial charge in [-0.15, -0.1) is 0 Å². The van der Waals surface area contributed by atoms with Gasteiger partial charge in [-0.2, -0.15) is 0 Å². The van der Waals surface area contributed by atoms with Gasteiger partial charge in [-0.05, 0) is 0 Å². The van der Waals surface area contributed by atoms with Gasteiger partial charge in [-0.1, -0.05) is 11.8 Å². The lowest BCUT2D eigenvalue weighted by Gasteiger charge is -2.33. The first-order valence-electron chi connectivity index (χ1n) is 11.9. The lowest BCUT2D eigenvalue weighted by atomic mass is 10.1. The van der Waals surface area contributed by atoms with E-state index in [2.05, 4.69) is 15.0 Å². The van der Waals surface area contributed by atoms with Crippen LogP contribution in [0.4, 0.5) is 10.2 Å². The Morgan fingerprint density at radius 3 is 2.71 bits per heavy atom. The van der Waals surface area contributed by atoms with E-state index >= 15 is 4.39 Å². The predicted octanol–water partition coefficient (Wildman–Crippen LogP) is -1.02. The maximum atomic E-state index is 15.8. The number of rotatable bonds is 2. The van der Waals surface area contributed by atoms with E-state index in [0.29, 0.717) is 0 Å². The molecule has 4 N–H and O–H groups in total. The standard InChI is InChI=1S/C19H22FN7O11P2S/c20-12-14-10(36-18(12)27-7-24-13-15(21)22-6-23-16(13)27)5-33-39(30,31)37-9-3-8(4-34-40(32,41)38-14)35-17(9)26-2-1-11(28)25-19(26)29/h1-2,6-10,12,14,17-18H,3-5H2,(H,30,31)(H,32,41)(H2,21,22,23)(H,25,28,29)/p-1/t8-,9+,10+,12+,14+,17+,18+,40?/m0/s1. The summed E-state index contributed by atoms with van der Waals surface area (Å²) < 4.78 is 63.5. The first-order valence-corrected chi connectivity index (χ1v) is 15.9. The van der Waals surface area contributed by atoms with Crippen LogP contribution in [0.25, 0.3) is 11.2 Å². The Morgan fingerprint density at radius 1 is 1.12 bits per heavy atom. The van der Waals surface area contributed by atoms with Crippen LogP contribution in [0, 0.1) is 0 Å². The van der Waals surface area contributed by atoms with Crippen molar-refractivity contribution in [3.05, 3.63) is 45.8 Å². The number of hydrogen-bond donors (Lipinski definition) is 3. The zero-order chi connectivity index (χ0) is 29.1. The smallest absolute Gasteiger partial charge is 0.472 e. The van der Waals surface area contributed by atoms with Gasteiger partial charge in [0.1, 0.15) is 36.9 Å². The zero-order valence-electron chi connectivity index (χ0n) is 20.5. The van der Waals surface area contributed by atoms with E-state index in [4.69, 9.17) is 45.1 Å². The summed E-state index contributed by atoms with van der Waals surface area (Å²) in [5.41, 5.74) is 4.52. The fourth-order valence-corrected chi connectivity index (χ4v) is 7.12. The third-order valence-corrected chi connectivity index (χ3v) is 9.09. The molecule has 2 bridgehead atoms. The summed E-state index contributed by atoms with van der Waals surface area (Å²) in [5, 5.41) is 0. The van der Waals surface area contributed by atoms with E-state index in [1.165, 1.54) is 10.9 Å². The third kappa shape index (κ3) is 5.65. The van der Waals surface area contributed by atoms with Crippen molar-refractivity contribution in [2.75, 3.05) is 18.9 Å². The maximum absolute atomic E-state index is 15.8. The van der Waals surface area contributed by atoms with Crippen molar-refractivity contribution in [1.82, 2.24) is 29.1 Å². The molecule has 3 aromatic rings. The highest BCUT2D eigenvalue weighted by Gasteiger charge is 2.50. The van der Waals surface area contributed by atoms with Crippen molar-refractivity contribution in [2.45, 2.75) is 49.5 Å². The number of hydrogen-bond acceptors (Lipinski definition) is 15. The van der Waals surface area contributed by atoms with E-state index in [9.17, 15) is 23.9 Å². The monoisotopic (exact) mass is 636 g/mol. The Balaban J connectivity index is 1.29. The molecular weight excluding hydrogens is 615 g/mol. The second-order valence-corrected chi connectivity index (χ2v) is 13.3. The summed E-state index contributed by atoms with van der Waals surface area (Å²) in [5.74, 6) is 0.0328. The number of nitrogens with one attached hydrogen (secondary N) is 1. The van der Waals surface area contributed by atoms with Crippen LogP contribution < -0.4 is 21.9 Å². The van der Waals surface area contributed by atoms with Crippen LogP contribution in [0.5, 0.6) is 0 Å². The molecule has 9 atom stereocenters. The summed E-state index contributed by atoms with van der Waals surface area (Å²) in [6.45, 7) is -5.68. The molecule has 3 saturated heterocycles. The molecule has 6 rings (SSSR count). The van der Waals surface area contributed by atoms with Gasteiger partial charge in [0.15, 0.2) is 30.1 Å². The number of phosphoric acid groups is 1. The van der Waals surface area contributed by atoms with Crippen LogP contribution in [-0.4, -0.2) is 77.8 Å². The number of anilines is 1. The molecular formula is C19H21FN7O11P2S-. The molecule has 0 saturated carbocycles. The van der Waals surface area contributed by atoms with Crippen molar-refractivity contribution >= 4 is 43.3 Å². The molecule has 2 unspecified atom stereocenters. The first-order chi connectivity index (χ1) is 19.4. The minimum atomic E-state index is -4.93. The van der Waals surface area contributed by atoms with Crippen molar-refractivity contribution in [3.8, 4) is 0 Å². The molecule has 6 heterocycles. The van der Waals surface area contributed by atoms with Crippen LogP contribution in [0.1, 0.15) is 18.9 Å². The molecule has 22 heteroatoms. The minimum absolute atomic E-state index is 0.0328. The Kier molecular flexibility index (Phi) is 7.44. The highest BCUT2D eigenvalue weighted by Crippen LogP contribution is 2.52. The van der Waals surface area contributed by atoms with Gasteiger partial charge >= 0.3 is 13.5 Å². The number of ether oxygens (including phenoxy) is 2. The molecule has 3 aliphatic rings. The molecule has 0 aromatic carbocycles. The van der Waals surface area contributed by atoms with E-state index < -0.39 is 82.0 Å². The van der Waals surface area contributed by atoms with E-state index in [1.807, 2.05) is 4.98 Å². The minimum Gasteiger partial charge on any atom is -0.780 e. The first kappa shape index (κ1) is 28.6. The summed E-state index contributed by atoms with van der Waals surface area (Å²) >= 11 is 4.99. The summed E-state index contributed by atoms with van der Waals surface area (Å²) in [4.78, 5) is 61.4. The second kappa shape index (κ2) is 10.7. The number of fused-ring (bicyclic) bond motifs is 4. The average molecular weight is 636 g/mol. The van der Waals surface area contributed by atoms with Crippen LogP contribution >= 0.6 is 14.5 Å². The molecule has 0 spiro atoms. The van der Waals surface area contributed by atoms with Gasteiger partial charge in [-0.25, -0.2) is 28.7 Å². The number of imidazole rings is 1. The fraction of sp³-hybridized carbons (Fsp3) is 0.526. The van der Waals surface area contributed by atoms with Gasteiger partial charge < -0.3 is 34.0 Å². The lowest BCUT2D eigenvalue weighted by Crippen LogP contribution is -2.36. The van der Waals surface area contributed by atoms with Gasteiger partial charge in [0.05, 0.1) is 25.6 Å². The molecule has 41 heavy (non-hydrogen) atoms. The molecule has 0 amide bonds. The number of nitrogens with two attached hydrogens (primary N) is 1. The third-order valence-electron chi connectivity index (χ3n) is 6.54. The van der Waals surface area contributed by atoms with Gasteiger partial charge in [0.2, 0.25) is 0 Å². The van der Waals surface area contributed by atoms with Crippen molar-refractivity contribution in [3.63, 3.8) is 0 Å². The summed E-state index contributed by atoms with van der Waals surface area (Å²) in [7, 11) is -4.93. The number of nitrogens with zero attached hydrogens (tertiary/aromatic N) is 5. The average Bonchev–Trinajstić information content (AvgIpc) is 3.58. The predicted molar refractivity (Wildman–Crippen MR) is 134 cm³/mol. The Morgan fingerprint density at radius 2 is 1.93 bits per heavy atom. The van der Waals surface area contributed by atoms with Crippen molar-refractivity contribution in [1.29, 1.82) is 0 Å². The number of halogens is 1. The fourth-order valence-electron chi connectivity index (χ4n) is 4.75. The quantitative estimate of drug-likeness (QED) is 0.285. The van der Waals surface area contributed by atoms with Gasteiger partial charge in [-0.3, -0.25) is 28.0 Å².